The van der Waals surface area contributed by atoms with E-state index in [4.69, 9.17) is 0 Å². The van der Waals surface area contributed by atoms with Gasteiger partial charge in [0.2, 0.25) is 0 Å². The molecule has 154 valence electrons. The zero-order chi connectivity index (χ0) is 19.1. The highest BCUT2D eigenvalue weighted by Gasteiger charge is 2.19. The van der Waals surface area contributed by atoms with Crippen molar-refractivity contribution in [2.45, 2.75) is 32.4 Å². The third-order valence-corrected chi connectivity index (χ3v) is 5.20. The van der Waals surface area contributed by atoms with Crippen molar-refractivity contribution >= 4 is 35.6 Å². The number of halogens is 1. The summed E-state index contributed by atoms with van der Waals surface area (Å²) in [5.74, 6) is 0.890. The normalized spacial score (nSPS) is 18.1. The number of nitrogens with one attached hydrogen (secondary N) is 2. The molecule has 0 bridgehead atoms. The van der Waals surface area contributed by atoms with E-state index in [1.165, 1.54) is 16.8 Å². The summed E-state index contributed by atoms with van der Waals surface area (Å²) in [5, 5.41) is 7.06. The van der Waals surface area contributed by atoms with Crippen LogP contribution in [0.1, 0.15) is 25.3 Å². The standard InChI is InChI=1S/C22H33N5.HI/c1-18(2)17-26-13-9-20(10-14-26)25-22(23-3)24-16-19-7-6-8-21(15-19)27-11-4-5-12-27;/h4-8,15,20H,1,9-14,16-17H2,2-3H3,(H2,23,24,25);1H. The lowest BCUT2D eigenvalue weighted by atomic mass is 10.0. The average molecular weight is 495 g/mol. The summed E-state index contributed by atoms with van der Waals surface area (Å²) in [6.45, 7) is 12.2. The van der Waals surface area contributed by atoms with E-state index in [-0.39, 0.29) is 24.0 Å². The van der Waals surface area contributed by atoms with E-state index < -0.39 is 0 Å². The van der Waals surface area contributed by atoms with Gasteiger partial charge >= 0.3 is 0 Å². The molecule has 5 nitrogen and oxygen atoms in total. The minimum Gasteiger partial charge on any atom is -0.364 e. The lowest BCUT2D eigenvalue weighted by molar-refractivity contribution is 0.221. The number of likely N-dealkylation sites (tertiary alicyclic amines) is 1. The number of hydrogen-bond acceptors (Lipinski definition) is 3. The number of guanidine groups is 1. The molecule has 0 atom stereocenters. The average Bonchev–Trinajstić information content (AvgIpc) is 3.21. The fourth-order valence-electron chi connectivity index (χ4n) is 3.74. The molecule has 2 N–H and O–H groups in total. The first-order valence-electron chi connectivity index (χ1n) is 9.97. The number of rotatable bonds is 6. The predicted octanol–water partition coefficient (Wildman–Crippen LogP) is 3.39. The van der Waals surface area contributed by atoms with E-state index in [1.54, 1.807) is 0 Å². The predicted molar refractivity (Wildman–Crippen MR) is 131 cm³/mol. The van der Waals surface area contributed by atoms with Crippen molar-refractivity contribution in [3.05, 3.63) is 54.1 Å². The minimum absolute atomic E-state index is 0. The molecule has 1 fully saturated rings. The molecule has 1 aromatic carbocycles. The van der Waals surface area contributed by atoms with Crippen LogP contribution in [0, 0.1) is 0 Å². The van der Waals surface area contributed by atoms with Gasteiger partial charge in [-0.15, -0.1) is 24.0 Å². The molecule has 0 spiro atoms. The van der Waals surface area contributed by atoms with Crippen molar-refractivity contribution in [2.75, 3.05) is 44.7 Å². The first kappa shape index (κ1) is 22.7. The third-order valence-electron chi connectivity index (χ3n) is 5.20. The van der Waals surface area contributed by atoms with Crippen molar-refractivity contribution in [3.63, 3.8) is 0 Å². The SMILES string of the molecule is C=C(C)CN1CCC(NC(=NC)NCc2cccc(N3CC=CC3)c2)CC1.I. The summed E-state index contributed by atoms with van der Waals surface area (Å²) in [7, 11) is 1.85. The van der Waals surface area contributed by atoms with Gasteiger partial charge in [-0.25, -0.2) is 0 Å². The van der Waals surface area contributed by atoms with Gasteiger partial charge in [0.05, 0.1) is 0 Å². The highest BCUT2D eigenvalue weighted by molar-refractivity contribution is 14.0. The number of anilines is 1. The molecule has 0 saturated carbocycles. The van der Waals surface area contributed by atoms with Crippen molar-refractivity contribution in [3.8, 4) is 0 Å². The van der Waals surface area contributed by atoms with Crippen LogP contribution in [0.3, 0.4) is 0 Å². The Morgan fingerprint density at radius 3 is 2.57 bits per heavy atom. The van der Waals surface area contributed by atoms with Gasteiger partial charge in [0.15, 0.2) is 5.96 Å². The summed E-state index contributed by atoms with van der Waals surface area (Å²) in [6, 6.07) is 9.24. The number of piperidine rings is 1. The van der Waals surface area contributed by atoms with Crippen LogP contribution in [0.5, 0.6) is 0 Å². The largest absolute Gasteiger partial charge is 0.364 e. The van der Waals surface area contributed by atoms with Gasteiger partial charge in [-0.1, -0.05) is 36.4 Å². The molecule has 0 aliphatic carbocycles. The van der Waals surface area contributed by atoms with Crippen molar-refractivity contribution < 1.29 is 0 Å². The number of benzene rings is 1. The van der Waals surface area contributed by atoms with E-state index >= 15 is 0 Å². The summed E-state index contributed by atoms with van der Waals surface area (Å²) in [4.78, 5) is 9.26. The van der Waals surface area contributed by atoms with Gasteiger partial charge in [-0.05, 0) is 37.5 Å². The Labute approximate surface area is 187 Å². The van der Waals surface area contributed by atoms with Crippen molar-refractivity contribution in [1.29, 1.82) is 0 Å². The summed E-state index contributed by atoms with van der Waals surface area (Å²) in [6.07, 6.45) is 6.73. The van der Waals surface area contributed by atoms with Crippen LogP contribution < -0.4 is 15.5 Å². The van der Waals surface area contributed by atoms with Crippen LogP contribution in [0.15, 0.2) is 53.6 Å². The zero-order valence-electron chi connectivity index (χ0n) is 17.2. The molecule has 1 aromatic rings. The Balaban J connectivity index is 0.00000280. The molecule has 0 aromatic heterocycles. The molecule has 2 aliphatic rings. The lowest BCUT2D eigenvalue weighted by Gasteiger charge is -2.33. The topological polar surface area (TPSA) is 42.9 Å². The number of nitrogens with zero attached hydrogens (tertiary/aromatic N) is 3. The molecule has 2 heterocycles. The molecular weight excluding hydrogens is 461 g/mol. The Kier molecular flexibility index (Phi) is 9.31. The van der Waals surface area contributed by atoms with Gasteiger partial charge < -0.3 is 15.5 Å². The number of aliphatic imine (C=N–C) groups is 1. The third kappa shape index (κ3) is 6.81. The van der Waals surface area contributed by atoms with E-state index in [0.717, 1.165) is 58.1 Å². The Morgan fingerprint density at radius 1 is 1.21 bits per heavy atom. The highest BCUT2D eigenvalue weighted by atomic mass is 127. The van der Waals surface area contributed by atoms with E-state index in [2.05, 4.69) is 75.3 Å². The highest BCUT2D eigenvalue weighted by Crippen LogP contribution is 2.18. The fourth-order valence-corrected chi connectivity index (χ4v) is 3.74. The van der Waals surface area contributed by atoms with Crippen molar-refractivity contribution in [2.24, 2.45) is 4.99 Å². The number of hydrogen-bond donors (Lipinski definition) is 2. The summed E-state index contributed by atoms with van der Waals surface area (Å²) >= 11 is 0. The molecular formula is C22H34IN5. The maximum atomic E-state index is 4.41. The Morgan fingerprint density at radius 2 is 1.93 bits per heavy atom. The monoisotopic (exact) mass is 495 g/mol. The van der Waals surface area contributed by atoms with E-state index in [9.17, 15) is 0 Å². The molecule has 3 rings (SSSR count). The Bertz CT molecular complexity index is 684. The van der Waals surface area contributed by atoms with Gasteiger partial charge in [-0.3, -0.25) is 9.89 Å². The fraction of sp³-hybridized carbons (Fsp3) is 0.500. The smallest absolute Gasteiger partial charge is 0.191 e. The second-order valence-electron chi connectivity index (χ2n) is 7.62. The van der Waals surface area contributed by atoms with Crippen LogP contribution in [0.25, 0.3) is 0 Å². The summed E-state index contributed by atoms with van der Waals surface area (Å²) in [5.41, 5.74) is 3.80. The zero-order valence-corrected chi connectivity index (χ0v) is 19.5. The molecule has 0 unspecified atom stereocenters. The quantitative estimate of drug-likeness (QED) is 0.275. The van der Waals surface area contributed by atoms with E-state index in [0.29, 0.717) is 6.04 Å². The van der Waals surface area contributed by atoms with E-state index in [1.807, 2.05) is 7.05 Å². The first-order valence-corrected chi connectivity index (χ1v) is 9.97. The molecule has 2 aliphatic heterocycles. The minimum atomic E-state index is 0. The summed E-state index contributed by atoms with van der Waals surface area (Å²) < 4.78 is 0. The Hall–Kier alpha value is -1.54. The maximum Gasteiger partial charge on any atom is 0.191 e. The molecule has 28 heavy (non-hydrogen) atoms. The second-order valence-corrected chi connectivity index (χ2v) is 7.62. The molecule has 6 heteroatoms. The lowest BCUT2D eigenvalue weighted by Crippen LogP contribution is -2.48. The molecule has 0 radical (unpaired) electrons. The van der Waals surface area contributed by atoms with Gasteiger partial charge in [0.1, 0.15) is 0 Å². The van der Waals surface area contributed by atoms with Gasteiger partial charge in [-0.2, -0.15) is 0 Å². The van der Waals surface area contributed by atoms with Crippen LogP contribution >= 0.6 is 24.0 Å². The van der Waals surface area contributed by atoms with Crippen LogP contribution in [0.2, 0.25) is 0 Å². The second kappa shape index (κ2) is 11.5. The maximum absolute atomic E-state index is 4.41. The van der Waals surface area contributed by atoms with Crippen LogP contribution in [-0.2, 0) is 6.54 Å². The van der Waals surface area contributed by atoms with Gasteiger partial charge in [0.25, 0.3) is 0 Å². The molecule has 1 saturated heterocycles. The van der Waals surface area contributed by atoms with Crippen LogP contribution in [0.4, 0.5) is 5.69 Å². The van der Waals surface area contributed by atoms with Crippen LogP contribution in [-0.4, -0.2) is 56.7 Å². The first-order chi connectivity index (χ1) is 13.1. The molecule has 0 amide bonds. The van der Waals surface area contributed by atoms with Crippen molar-refractivity contribution in [1.82, 2.24) is 15.5 Å². The van der Waals surface area contributed by atoms with Gasteiger partial charge in [0, 0.05) is 58.0 Å².